The summed E-state index contributed by atoms with van der Waals surface area (Å²) in [5.41, 5.74) is 0.499. The van der Waals surface area contributed by atoms with E-state index in [9.17, 15) is 18.0 Å². The number of hydrogen-bond acceptors (Lipinski definition) is 4. The summed E-state index contributed by atoms with van der Waals surface area (Å²) in [5.74, 6) is -3.11. The molecular weight excluding hydrogens is 375 g/mol. The van der Waals surface area contributed by atoms with Gasteiger partial charge in [0.15, 0.2) is 23.2 Å². The molecule has 0 unspecified atom stereocenters. The Morgan fingerprint density at radius 2 is 1.93 bits per heavy atom. The summed E-state index contributed by atoms with van der Waals surface area (Å²) < 4.78 is 50.5. The summed E-state index contributed by atoms with van der Waals surface area (Å²) in [5, 5.41) is 9.95. The largest absolute Gasteiger partial charge is 0.489 e. The van der Waals surface area contributed by atoms with Crippen LogP contribution in [0.25, 0.3) is 10.9 Å². The highest BCUT2D eigenvalue weighted by Crippen LogP contribution is 2.26. The molecule has 2 heterocycles. The minimum atomic E-state index is -1.27. The van der Waals surface area contributed by atoms with Crippen molar-refractivity contribution in [1.82, 2.24) is 10.2 Å². The van der Waals surface area contributed by atoms with Crippen molar-refractivity contribution < 1.29 is 27.1 Å². The molecule has 2 aromatic heterocycles. The molecule has 4 aromatic rings. The van der Waals surface area contributed by atoms with Gasteiger partial charge in [-0.25, -0.2) is 13.2 Å². The number of aromatic amines is 1. The molecule has 0 saturated carbocycles. The molecule has 2 N–H and O–H groups in total. The third-order valence-corrected chi connectivity index (χ3v) is 3.99. The summed E-state index contributed by atoms with van der Waals surface area (Å²) in [6, 6.07) is 9.13. The molecule has 6 nitrogen and oxygen atoms in total. The number of anilines is 1. The van der Waals surface area contributed by atoms with Crippen molar-refractivity contribution in [2.24, 2.45) is 0 Å². The number of carbonyl (C=O) groups is 1. The average molecular weight is 387 g/mol. The minimum Gasteiger partial charge on any atom is -0.489 e. The number of benzene rings is 2. The van der Waals surface area contributed by atoms with Crippen LogP contribution >= 0.6 is 0 Å². The molecule has 1 amide bonds. The Morgan fingerprint density at radius 1 is 1.11 bits per heavy atom. The second kappa shape index (κ2) is 7.10. The topological polar surface area (TPSA) is 80.2 Å². The number of amides is 1. The lowest BCUT2D eigenvalue weighted by molar-refractivity contribution is 0.0996. The van der Waals surface area contributed by atoms with Crippen LogP contribution < -0.4 is 10.1 Å². The van der Waals surface area contributed by atoms with Crippen molar-refractivity contribution in [3.05, 3.63) is 77.5 Å². The maximum Gasteiger partial charge on any atom is 0.292 e. The number of carbonyl (C=O) groups excluding carboxylic acids is 1. The molecule has 0 fully saturated rings. The predicted octanol–water partition coefficient (Wildman–Crippen LogP) is 4.40. The number of furan rings is 1. The van der Waals surface area contributed by atoms with Gasteiger partial charge in [-0.1, -0.05) is 0 Å². The maximum absolute atomic E-state index is 13.7. The van der Waals surface area contributed by atoms with Crippen LogP contribution in [0.1, 0.15) is 16.1 Å². The lowest BCUT2D eigenvalue weighted by Crippen LogP contribution is -2.11. The number of nitrogens with one attached hydrogen (secondary N) is 2. The van der Waals surface area contributed by atoms with Gasteiger partial charge < -0.3 is 14.5 Å². The number of H-pyrrole nitrogens is 1. The molecule has 0 atom stereocenters. The van der Waals surface area contributed by atoms with E-state index in [0.717, 1.165) is 6.07 Å². The van der Waals surface area contributed by atoms with Crippen LogP contribution in [0, 0.1) is 17.5 Å². The fraction of sp³-hybridized carbons (Fsp3) is 0.0526. The highest BCUT2D eigenvalue weighted by atomic mass is 19.2. The van der Waals surface area contributed by atoms with E-state index < -0.39 is 23.4 Å². The van der Waals surface area contributed by atoms with Crippen LogP contribution in [0.5, 0.6) is 5.75 Å². The fourth-order valence-corrected chi connectivity index (χ4v) is 2.59. The van der Waals surface area contributed by atoms with Crippen LogP contribution in [0.4, 0.5) is 19.0 Å². The zero-order valence-corrected chi connectivity index (χ0v) is 14.1. The molecular formula is C19H12F3N3O3. The number of nitrogens with zero attached hydrogens (tertiary/aromatic N) is 1. The Kier molecular flexibility index (Phi) is 4.48. The summed E-state index contributed by atoms with van der Waals surface area (Å²) in [6.45, 7) is -0.305. The molecule has 0 aliphatic carbocycles. The van der Waals surface area contributed by atoms with Gasteiger partial charge in [0.25, 0.3) is 5.91 Å². The van der Waals surface area contributed by atoms with Crippen molar-refractivity contribution in [3.63, 3.8) is 0 Å². The number of ether oxygens (including phenoxy) is 1. The second-order valence-corrected chi connectivity index (χ2v) is 5.86. The Bertz CT molecular complexity index is 1160. The predicted molar refractivity (Wildman–Crippen MR) is 93.4 cm³/mol. The van der Waals surface area contributed by atoms with Gasteiger partial charge in [0.1, 0.15) is 18.2 Å². The van der Waals surface area contributed by atoms with Crippen molar-refractivity contribution in [2.45, 2.75) is 6.61 Å². The normalized spacial score (nSPS) is 11.0. The van der Waals surface area contributed by atoms with Gasteiger partial charge >= 0.3 is 0 Å². The van der Waals surface area contributed by atoms with E-state index in [-0.39, 0.29) is 23.7 Å². The minimum absolute atomic E-state index is 0.123. The highest BCUT2D eigenvalue weighted by Gasteiger charge is 2.14. The SMILES string of the molecule is O=C(Nc1n[nH]c2ccc(OCc3cc(F)c(F)cc3F)cc12)c1ccco1. The van der Waals surface area contributed by atoms with Crippen molar-refractivity contribution >= 4 is 22.6 Å². The molecule has 0 spiro atoms. The van der Waals surface area contributed by atoms with Crippen molar-refractivity contribution in [1.29, 1.82) is 0 Å². The molecule has 142 valence electrons. The third kappa shape index (κ3) is 3.41. The van der Waals surface area contributed by atoms with Crippen LogP contribution in [0.3, 0.4) is 0 Å². The first-order chi connectivity index (χ1) is 13.5. The van der Waals surface area contributed by atoms with Gasteiger partial charge in [-0.3, -0.25) is 9.89 Å². The molecule has 0 aliphatic rings. The number of hydrogen-bond donors (Lipinski definition) is 2. The maximum atomic E-state index is 13.7. The molecule has 0 bridgehead atoms. The standard InChI is InChI=1S/C19H12F3N3O3/c20-13-8-15(22)14(21)6-10(13)9-28-11-3-4-16-12(7-11)18(25-24-16)23-19(26)17-2-1-5-27-17/h1-8H,9H2,(H2,23,24,25,26). The van der Waals surface area contributed by atoms with E-state index in [1.54, 1.807) is 24.3 Å². The Balaban J connectivity index is 1.54. The molecule has 4 rings (SSSR count). The first-order valence-electron chi connectivity index (χ1n) is 8.10. The summed E-state index contributed by atoms with van der Waals surface area (Å²) >= 11 is 0. The van der Waals surface area contributed by atoms with Gasteiger partial charge in [0, 0.05) is 17.0 Å². The number of rotatable bonds is 5. The quantitative estimate of drug-likeness (QED) is 0.498. The molecule has 2 aromatic carbocycles. The molecule has 28 heavy (non-hydrogen) atoms. The smallest absolute Gasteiger partial charge is 0.292 e. The van der Waals surface area contributed by atoms with Gasteiger partial charge in [0.05, 0.1) is 11.8 Å². The highest BCUT2D eigenvalue weighted by molar-refractivity contribution is 6.06. The van der Waals surface area contributed by atoms with E-state index in [4.69, 9.17) is 9.15 Å². The molecule has 0 aliphatic heterocycles. The van der Waals surface area contributed by atoms with Crippen LogP contribution in [0.2, 0.25) is 0 Å². The third-order valence-electron chi connectivity index (χ3n) is 3.99. The van der Waals surface area contributed by atoms with Crippen molar-refractivity contribution in [2.75, 3.05) is 5.32 Å². The first kappa shape index (κ1) is 17.7. The summed E-state index contributed by atoms with van der Waals surface area (Å²) in [4.78, 5) is 12.1. The van der Waals surface area contributed by atoms with Gasteiger partial charge in [-0.2, -0.15) is 5.10 Å². The fourth-order valence-electron chi connectivity index (χ4n) is 2.59. The summed E-state index contributed by atoms with van der Waals surface area (Å²) in [7, 11) is 0. The van der Waals surface area contributed by atoms with Crippen molar-refractivity contribution in [3.8, 4) is 5.75 Å². The van der Waals surface area contributed by atoms with E-state index in [1.807, 2.05) is 0 Å². The van der Waals surface area contributed by atoms with E-state index in [0.29, 0.717) is 22.7 Å². The van der Waals surface area contributed by atoms with Gasteiger partial charge in [-0.05, 0) is 36.4 Å². The van der Waals surface area contributed by atoms with Crippen LogP contribution in [0.15, 0.2) is 53.1 Å². The van der Waals surface area contributed by atoms with E-state index in [2.05, 4.69) is 15.5 Å². The lowest BCUT2D eigenvalue weighted by Gasteiger charge is -2.08. The van der Waals surface area contributed by atoms with Crippen LogP contribution in [-0.2, 0) is 6.61 Å². The lowest BCUT2D eigenvalue weighted by atomic mass is 10.2. The average Bonchev–Trinajstić information content (AvgIpc) is 3.34. The zero-order chi connectivity index (χ0) is 19.7. The van der Waals surface area contributed by atoms with E-state index >= 15 is 0 Å². The van der Waals surface area contributed by atoms with Crippen LogP contribution in [-0.4, -0.2) is 16.1 Å². The molecule has 0 saturated heterocycles. The number of aromatic nitrogens is 2. The Morgan fingerprint density at radius 3 is 2.71 bits per heavy atom. The Labute approximate surface area is 155 Å². The number of halogens is 3. The van der Waals surface area contributed by atoms with E-state index in [1.165, 1.54) is 12.3 Å². The molecule has 0 radical (unpaired) electrons. The Hall–Kier alpha value is -3.75. The number of fused-ring (bicyclic) bond motifs is 1. The second-order valence-electron chi connectivity index (χ2n) is 5.86. The van der Waals surface area contributed by atoms with Gasteiger partial charge in [-0.15, -0.1) is 0 Å². The first-order valence-corrected chi connectivity index (χ1v) is 8.10. The monoisotopic (exact) mass is 387 g/mol. The van der Waals surface area contributed by atoms with Gasteiger partial charge in [0.2, 0.25) is 0 Å². The summed E-state index contributed by atoms with van der Waals surface area (Å²) in [6.07, 6.45) is 1.38. The zero-order valence-electron chi connectivity index (χ0n) is 14.1. The molecule has 9 heteroatoms.